The third-order valence-electron chi connectivity index (χ3n) is 4.37. The molecule has 0 saturated carbocycles. The van der Waals surface area contributed by atoms with Crippen molar-refractivity contribution in [2.24, 2.45) is 0 Å². The number of carbonyl (C=O) groups excluding carboxylic acids is 1. The highest BCUT2D eigenvalue weighted by atomic mass is 32.1. The van der Waals surface area contributed by atoms with Crippen LogP contribution in [0.5, 0.6) is 0 Å². The molecule has 2 aliphatic heterocycles. The molecule has 3 atom stereocenters. The van der Waals surface area contributed by atoms with Gasteiger partial charge in [-0.25, -0.2) is 0 Å². The number of amides is 1. The van der Waals surface area contributed by atoms with Crippen molar-refractivity contribution in [1.82, 2.24) is 10.2 Å². The summed E-state index contributed by atoms with van der Waals surface area (Å²) < 4.78 is 5.51. The normalized spacial score (nSPS) is 29.5. The Morgan fingerprint density at radius 2 is 2.33 bits per heavy atom. The summed E-state index contributed by atoms with van der Waals surface area (Å²) >= 11 is 1.78. The molecule has 3 rings (SSSR count). The summed E-state index contributed by atoms with van der Waals surface area (Å²) in [5, 5.41) is 3.56. The molecule has 1 aromatic heterocycles. The monoisotopic (exact) mass is 308 g/mol. The molecule has 0 aliphatic carbocycles. The first kappa shape index (κ1) is 15.0. The molecule has 1 N–H and O–H groups in total. The predicted molar refractivity (Wildman–Crippen MR) is 84.3 cm³/mol. The summed E-state index contributed by atoms with van der Waals surface area (Å²) in [4.78, 5) is 17.4. The molecule has 21 heavy (non-hydrogen) atoms. The van der Waals surface area contributed by atoms with Crippen molar-refractivity contribution in [3.8, 4) is 0 Å². The third-order valence-corrected chi connectivity index (χ3v) is 5.42. The zero-order valence-electron chi connectivity index (χ0n) is 12.8. The fourth-order valence-electron chi connectivity index (χ4n) is 3.22. The summed E-state index contributed by atoms with van der Waals surface area (Å²) in [5.74, 6) is 0.259. The molecule has 0 radical (unpaired) electrons. The predicted octanol–water partition coefficient (Wildman–Crippen LogP) is 2.83. The van der Waals surface area contributed by atoms with Gasteiger partial charge in [0, 0.05) is 16.4 Å². The van der Waals surface area contributed by atoms with Crippen molar-refractivity contribution >= 4 is 17.2 Å². The van der Waals surface area contributed by atoms with Crippen molar-refractivity contribution in [2.75, 3.05) is 13.2 Å². The van der Waals surface area contributed by atoms with E-state index in [4.69, 9.17) is 4.74 Å². The number of hydrogen-bond donors (Lipinski definition) is 1. The van der Waals surface area contributed by atoms with Crippen LogP contribution in [-0.2, 0) is 9.53 Å². The van der Waals surface area contributed by atoms with Gasteiger partial charge in [0.05, 0.1) is 18.7 Å². The molecule has 1 amide bonds. The van der Waals surface area contributed by atoms with Gasteiger partial charge in [0.2, 0.25) is 5.91 Å². The van der Waals surface area contributed by atoms with Crippen LogP contribution in [0.25, 0.3) is 0 Å². The van der Waals surface area contributed by atoms with Gasteiger partial charge in [-0.15, -0.1) is 11.3 Å². The minimum Gasteiger partial charge on any atom is -0.379 e. The maximum Gasteiger partial charge on any atom is 0.241 e. The standard InChI is InChI=1S/C16H24N2O2S/c1-3-4-5-13-16(19)18(12-8-9-20-10-12)15(17-13)14-7-6-11(2)21-14/h6-7,12-13,15,17H,3-5,8-10H2,1-2H3. The van der Waals surface area contributed by atoms with Crippen molar-refractivity contribution < 1.29 is 9.53 Å². The zero-order valence-corrected chi connectivity index (χ0v) is 13.6. The Kier molecular flexibility index (Phi) is 4.62. The molecule has 3 heterocycles. The highest BCUT2D eigenvalue weighted by Crippen LogP contribution is 2.34. The summed E-state index contributed by atoms with van der Waals surface area (Å²) in [6.07, 6.45) is 4.13. The summed E-state index contributed by atoms with van der Waals surface area (Å²) in [5.41, 5.74) is 0. The van der Waals surface area contributed by atoms with E-state index in [9.17, 15) is 4.79 Å². The minimum absolute atomic E-state index is 0.0297. The van der Waals surface area contributed by atoms with Crippen LogP contribution in [0.15, 0.2) is 12.1 Å². The van der Waals surface area contributed by atoms with Gasteiger partial charge in [-0.2, -0.15) is 0 Å². The number of aryl methyl sites for hydroxylation is 1. The Bertz CT molecular complexity index is 496. The van der Waals surface area contributed by atoms with Crippen LogP contribution >= 0.6 is 11.3 Å². The van der Waals surface area contributed by atoms with Crippen LogP contribution < -0.4 is 5.32 Å². The van der Waals surface area contributed by atoms with Crippen LogP contribution in [0.4, 0.5) is 0 Å². The van der Waals surface area contributed by atoms with Gasteiger partial charge in [0.15, 0.2) is 0 Å². The lowest BCUT2D eigenvalue weighted by Crippen LogP contribution is -2.40. The number of rotatable bonds is 5. The van der Waals surface area contributed by atoms with Gasteiger partial charge in [-0.05, 0) is 31.9 Å². The van der Waals surface area contributed by atoms with Crippen molar-refractivity contribution in [3.05, 3.63) is 21.9 Å². The minimum atomic E-state index is -0.0297. The SMILES string of the molecule is CCCCC1NC(c2ccc(C)s2)N(C2CCOC2)C1=O. The lowest BCUT2D eigenvalue weighted by atomic mass is 10.1. The van der Waals surface area contributed by atoms with Gasteiger partial charge >= 0.3 is 0 Å². The topological polar surface area (TPSA) is 41.6 Å². The van der Waals surface area contributed by atoms with E-state index in [0.29, 0.717) is 6.61 Å². The third kappa shape index (κ3) is 3.00. The first-order valence-corrected chi connectivity index (χ1v) is 8.74. The number of thiophene rings is 1. The molecule has 1 aromatic rings. The number of carbonyl (C=O) groups is 1. The fourth-order valence-corrected chi connectivity index (χ4v) is 4.15. The molecule has 2 aliphatic rings. The molecule has 116 valence electrons. The number of nitrogens with one attached hydrogen (secondary N) is 1. The first-order chi connectivity index (χ1) is 10.2. The second-order valence-corrected chi connectivity index (χ2v) is 7.29. The van der Waals surface area contributed by atoms with Crippen LogP contribution in [-0.4, -0.2) is 36.1 Å². The Balaban J connectivity index is 1.82. The number of ether oxygens (including phenoxy) is 1. The summed E-state index contributed by atoms with van der Waals surface area (Å²) in [6.45, 7) is 5.73. The van der Waals surface area contributed by atoms with Gasteiger partial charge in [-0.1, -0.05) is 19.8 Å². The highest BCUT2D eigenvalue weighted by Gasteiger charge is 2.44. The van der Waals surface area contributed by atoms with Gasteiger partial charge in [-0.3, -0.25) is 10.1 Å². The molecule has 0 aromatic carbocycles. The summed E-state index contributed by atoms with van der Waals surface area (Å²) in [7, 11) is 0. The van der Waals surface area contributed by atoms with Crippen molar-refractivity contribution in [1.29, 1.82) is 0 Å². The molecule has 0 bridgehead atoms. The second-order valence-electron chi connectivity index (χ2n) is 5.98. The summed E-state index contributed by atoms with van der Waals surface area (Å²) in [6, 6.07) is 4.48. The van der Waals surface area contributed by atoms with E-state index in [-0.39, 0.29) is 24.2 Å². The molecule has 4 nitrogen and oxygen atoms in total. The highest BCUT2D eigenvalue weighted by molar-refractivity contribution is 7.12. The largest absolute Gasteiger partial charge is 0.379 e. The van der Waals surface area contributed by atoms with Crippen LogP contribution in [0.2, 0.25) is 0 Å². The lowest BCUT2D eigenvalue weighted by molar-refractivity contribution is -0.132. The molecule has 5 heteroatoms. The molecular formula is C16H24N2O2S. The number of unbranched alkanes of at least 4 members (excludes halogenated alkanes) is 1. The van der Waals surface area contributed by atoms with E-state index in [1.165, 1.54) is 9.75 Å². The van der Waals surface area contributed by atoms with Crippen molar-refractivity contribution in [3.63, 3.8) is 0 Å². The lowest BCUT2D eigenvalue weighted by Gasteiger charge is -2.28. The van der Waals surface area contributed by atoms with E-state index in [0.717, 1.165) is 32.3 Å². The molecule has 2 saturated heterocycles. The quantitative estimate of drug-likeness (QED) is 0.909. The van der Waals surface area contributed by atoms with E-state index in [2.05, 4.69) is 36.2 Å². The Labute approximate surface area is 130 Å². The Morgan fingerprint density at radius 1 is 1.48 bits per heavy atom. The van der Waals surface area contributed by atoms with Gasteiger partial charge < -0.3 is 9.64 Å². The maximum absolute atomic E-state index is 12.8. The molecule has 3 unspecified atom stereocenters. The van der Waals surface area contributed by atoms with E-state index in [1.54, 1.807) is 11.3 Å². The van der Waals surface area contributed by atoms with E-state index >= 15 is 0 Å². The zero-order chi connectivity index (χ0) is 14.8. The van der Waals surface area contributed by atoms with Crippen LogP contribution in [0.3, 0.4) is 0 Å². The number of hydrogen-bond acceptors (Lipinski definition) is 4. The average Bonchev–Trinajstić information content (AvgIpc) is 3.17. The Morgan fingerprint density at radius 3 is 2.95 bits per heavy atom. The second kappa shape index (κ2) is 6.46. The maximum atomic E-state index is 12.8. The Hall–Kier alpha value is -0.910. The fraction of sp³-hybridized carbons (Fsp3) is 0.688. The van der Waals surface area contributed by atoms with Crippen molar-refractivity contribution in [2.45, 2.75) is 57.8 Å². The molecule has 0 spiro atoms. The van der Waals surface area contributed by atoms with E-state index in [1.807, 2.05) is 0 Å². The molecule has 2 fully saturated rings. The first-order valence-electron chi connectivity index (χ1n) is 7.93. The van der Waals surface area contributed by atoms with Gasteiger partial charge in [0.25, 0.3) is 0 Å². The van der Waals surface area contributed by atoms with Gasteiger partial charge in [0.1, 0.15) is 6.17 Å². The smallest absolute Gasteiger partial charge is 0.241 e. The number of nitrogens with zero attached hydrogens (tertiary/aromatic N) is 1. The molecular weight excluding hydrogens is 284 g/mol. The van der Waals surface area contributed by atoms with Crippen LogP contribution in [0.1, 0.15) is 48.5 Å². The van der Waals surface area contributed by atoms with E-state index < -0.39 is 0 Å². The average molecular weight is 308 g/mol. The van der Waals surface area contributed by atoms with Crippen LogP contribution in [0, 0.1) is 6.92 Å².